The van der Waals surface area contributed by atoms with Gasteiger partial charge in [0.05, 0.1) is 47.6 Å². The first-order valence-electron chi connectivity index (χ1n) is 7.62. The van der Waals surface area contributed by atoms with E-state index in [1.807, 2.05) is 0 Å². The summed E-state index contributed by atoms with van der Waals surface area (Å²) in [6.45, 7) is 0. The lowest BCUT2D eigenvalue weighted by atomic mass is 10.1. The third kappa shape index (κ3) is 3.60. The van der Waals surface area contributed by atoms with Gasteiger partial charge in [-0.25, -0.2) is 18.0 Å². The number of H-pyrrole nitrogens is 1. The van der Waals surface area contributed by atoms with Crippen LogP contribution in [0.4, 0.5) is 5.69 Å². The van der Waals surface area contributed by atoms with Gasteiger partial charge in [0.15, 0.2) is 0 Å². The number of aromatic amines is 1. The number of hydrogen-bond acceptors (Lipinski definition) is 7. The second-order valence-corrected chi connectivity index (χ2v) is 7.16. The highest BCUT2D eigenvalue weighted by atomic mass is 32.2. The Kier molecular flexibility index (Phi) is 4.82. The molecule has 0 aliphatic rings. The zero-order valence-electron chi connectivity index (χ0n) is 14.3. The standard InChI is InChI=1S/C17H15N3O6S/c1-25-16(21)11-6-12(17(22)26-2)8-13(7-11)27(23,24)20-14-5-3-4-10-9-18-19-15(10)14/h3-9,20H,1-2H3,(H,18,19). The molecule has 0 aliphatic carbocycles. The van der Waals surface area contributed by atoms with Crippen LogP contribution >= 0.6 is 0 Å². The second-order valence-electron chi connectivity index (χ2n) is 5.47. The highest BCUT2D eigenvalue weighted by molar-refractivity contribution is 7.92. The number of benzene rings is 2. The topological polar surface area (TPSA) is 127 Å². The lowest BCUT2D eigenvalue weighted by molar-refractivity contribution is 0.0598. The maximum absolute atomic E-state index is 12.8. The molecule has 0 unspecified atom stereocenters. The number of rotatable bonds is 5. The highest BCUT2D eigenvalue weighted by Gasteiger charge is 2.22. The molecule has 0 atom stereocenters. The van der Waals surface area contributed by atoms with Crippen LogP contribution in [0.2, 0.25) is 0 Å². The van der Waals surface area contributed by atoms with E-state index in [-0.39, 0.29) is 21.7 Å². The predicted octanol–water partition coefficient (Wildman–Crippen LogP) is 1.94. The van der Waals surface area contributed by atoms with Crippen molar-refractivity contribution in [1.82, 2.24) is 10.2 Å². The Morgan fingerprint density at radius 3 is 2.26 bits per heavy atom. The molecule has 0 saturated heterocycles. The molecule has 27 heavy (non-hydrogen) atoms. The van der Waals surface area contributed by atoms with Crippen molar-refractivity contribution in [3.8, 4) is 0 Å². The number of aromatic nitrogens is 2. The van der Waals surface area contributed by atoms with E-state index in [1.165, 1.54) is 6.07 Å². The van der Waals surface area contributed by atoms with Crippen molar-refractivity contribution in [2.24, 2.45) is 0 Å². The Hall–Kier alpha value is -3.40. The first-order valence-corrected chi connectivity index (χ1v) is 9.10. The fraction of sp³-hybridized carbons (Fsp3) is 0.118. The molecule has 1 aromatic heterocycles. The van der Waals surface area contributed by atoms with E-state index in [0.29, 0.717) is 10.9 Å². The number of hydrogen-bond donors (Lipinski definition) is 2. The molecule has 9 nitrogen and oxygen atoms in total. The molecule has 0 aliphatic heterocycles. The molecule has 140 valence electrons. The quantitative estimate of drug-likeness (QED) is 0.638. The van der Waals surface area contributed by atoms with E-state index in [1.54, 1.807) is 24.4 Å². The number of nitrogens with zero attached hydrogens (tertiary/aromatic N) is 1. The number of nitrogens with one attached hydrogen (secondary N) is 2. The number of esters is 2. The maximum atomic E-state index is 12.8. The monoisotopic (exact) mass is 389 g/mol. The van der Waals surface area contributed by atoms with Gasteiger partial charge in [0.2, 0.25) is 0 Å². The van der Waals surface area contributed by atoms with Crippen LogP contribution in [0.5, 0.6) is 0 Å². The summed E-state index contributed by atoms with van der Waals surface area (Å²) in [5.41, 5.74) is 0.576. The normalized spacial score (nSPS) is 11.2. The zero-order chi connectivity index (χ0) is 19.6. The van der Waals surface area contributed by atoms with Gasteiger partial charge < -0.3 is 9.47 Å². The van der Waals surface area contributed by atoms with Crippen molar-refractivity contribution in [3.05, 3.63) is 53.7 Å². The van der Waals surface area contributed by atoms with Gasteiger partial charge in [0.1, 0.15) is 0 Å². The van der Waals surface area contributed by atoms with Crippen molar-refractivity contribution >= 4 is 38.6 Å². The molecule has 0 bridgehead atoms. The van der Waals surface area contributed by atoms with Crippen molar-refractivity contribution in [2.75, 3.05) is 18.9 Å². The summed E-state index contributed by atoms with van der Waals surface area (Å²) < 4.78 is 37.4. The minimum absolute atomic E-state index is 0.0967. The summed E-state index contributed by atoms with van der Waals surface area (Å²) in [4.78, 5) is 23.4. The molecule has 0 fully saturated rings. The van der Waals surface area contributed by atoms with E-state index >= 15 is 0 Å². The number of anilines is 1. The minimum atomic E-state index is -4.12. The Morgan fingerprint density at radius 2 is 1.67 bits per heavy atom. The molecule has 2 N–H and O–H groups in total. The number of methoxy groups -OCH3 is 2. The Labute approximate surface area is 154 Å². The van der Waals surface area contributed by atoms with Crippen LogP contribution in [0.25, 0.3) is 10.9 Å². The largest absolute Gasteiger partial charge is 0.465 e. The molecule has 0 spiro atoms. The van der Waals surface area contributed by atoms with E-state index in [9.17, 15) is 18.0 Å². The summed E-state index contributed by atoms with van der Waals surface area (Å²) >= 11 is 0. The third-order valence-electron chi connectivity index (χ3n) is 3.78. The number of para-hydroxylation sites is 1. The van der Waals surface area contributed by atoms with Gasteiger partial charge in [-0.05, 0) is 24.3 Å². The molecule has 2 aromatic carbocycles. The van der Waals surface area contributed by atoms with Gasteiger partial charge in [0, 0.05) is 5.39 Å². The Balaban J connectivity index is 2.09. The van der Waals surface area contributed by atoms with Gasteiger partial charge >= 0.3 is 11.9 Å². The van der Waals surface area contributed by atoms with Gasteiger partial charge in [0.25, 0.3) is 10.0 Å². The van der Waals surface area contributed by atoms with Gasteiger partial charge in [-0.15, -0.1) is 0 Å². The highest BCUT2D eigenvalue weighted by Crippen LogP contribution is 2.25. The lowest BCUT2D eigenvalue weighted by Crippen LogP contribution is -2.16. The molecule has 3 rings (SSSR count). The number of fused-ring (bicyclic) bond motifs is 1. The van der Waals surface area contributed by atoms with E-state index in [4.69, 9.17) is 0 Å². The van der Waals surface area contributed by atoms with Gasteiger partial charge in [-0.3, -0.25) is 9.82 Å². The first-order chi connectivity index (χ1) is 12.9. The van der Waals surface area contributed by atoms with Crippen molar-refractivity contribution in [2.45, 2.75) is 4.90 Å². The fourth-order valence-corrected chi connectivity index (χ4v) is 3.62. The molecule has 0 radical (unpaired) electrons. The van der Waals surface area contributed by atoms with E-state index in [0.717, 1.165) is 26.4 Å². The molecular formula is C17H15N3O6S. The molecule has 0 saturated carbocycles. The summed E-state index contributed by atoms with van der Waals surface area (Å²) in [5.74, 6) is -1.57. The molecule has 1 heterocycles. The fourth-order valence-electron chi connectivity index (χ4n) is 2.48. The average molecular weight is 389 g/mol. The zero-order valence-corrected chi connectivity index (χ0v) is 15.2. The van der Waals surface area contributed by atoms with Crippen LogP contribution in [0.15, 0.2) is 47.5 Å². The molecular weight excluding hydrogens is 374 g/mol. The van der Waals surface area contributed by atoms with Crippen molar-refractivity contribution in [3.63, 3.8) is 0 Å². The van der Waals surface area contributed by atoms with E-state index < -0.39 is 22.0 Å². The lowest BCUT2D eigenvalue weighted by Gasteiger charge is -2.11. The molecule has 10 heteroatoms. The third-order valence-corrected chi connectivity index (χ3v) is 5.12. The number of carbonyl (C=O) groups excluding carboxylic acids is 2. The second kappa shape index (κ2) is 7.08. The molecule has 0 amide bonds. The van der Waals surface area contributed by atoms with Crippen LogP contribution in [0, 0.1) is 0 Å². The number of sulfonamides is 1. The summed E-state index contributed by atoms with van der Waals surface area (Å²) in [5, 5.41) is 7.31. The number of ether oxygens (including phenoxy) is 2. The van der Waals surface area contributed by atoms with Crippen molar-refractivity contribution in [1.29, 1.82) is 0 Å². The first kappa shape index (κ1) is 18.4. The van der Waals surface area contributed by atoms with Crippen LogP contribution in [0.3, 0.4) is 0 Å². The van der Waals surface area contributed by atoms with Crippen LogP contribution in [-0.4, -0.2) is 44.8 Å². The van der Waals surface area contributed by atoms with Crippen LogP contribution < -0.4 is 4.72 Å². The Morgan fingerprint density at radius 1 is 1.04 bits per heavy atom. The molecule has 3 aromatic rings. The smallest absolute Gasteiger partial charge is 0.337 e. The summed E-state index contributed by atoms with van der Waals surface area (Å²) in [7, 11) is -1.82. The SMILES string of the molecule is COC(=O)c1cc(C(=O)OC)cc(S(=O)(=O)Nc2cccc3cn[nH]c23)c1. The van der Waals surface area contributed by atoms with Crippen molar-refractivity contribution < 1.29 is 27.5 Å². The van der Waals surface area contributed by atoms with E-state index in [2.05, 4.69) is 24.4 Å². The maximum Gasteiger partial charge on any atom is 0.337 e. The summed E-state index contributed by atoms with van der Waals surface area (Å²) in [6, 6.07) is 8.43. The summed E-state index contributed by atoms with van der Waals surface area (Å²) in [6.07, 6.45) is 1.56. The minimum Gasteiger partial charge on any atom is -0.465 e. The Bertz CT molecular complexity index is 1100. The van der Waals surface area contributed by atoms with Crippen LogP contribution in [-0.2, 0) is 19.5 Å². The average Bonchev–Trinajstić information content (AvgIpc) is 3.16. The van der Waals surface area contributed by atoms with Crippen LogP contribution in [0.1, 0.15) is 20.7 Å². The van der Waals surface area contributed by atoms with Gasteiger partial charge in [-0.1, -0.05) is 12.1 Å². The predicted molar refractivity (Wildman–Crippen MR) is 96.0 cm³/mol. The van der Waals surface area contributed by atoms with Gasteiger partial charge in [-0.2, -0.15) is 5.10 Å². The number of carbonyl (C=O) groups is 2.